The first-order valence-corrected chi connectivity index (χ1v) is 11.1. The first kappa shape index (κ1) is 22.6. The van der Waals surface area contributed by atoms with Gasteiger partial charge in [0.1, 0.15) is 5.75 Å². The van der Waals surface area contributed by atoms with Crippen LogP contribution in [0.4, 0.5) is 0 Å². The number of carbonyl (C=O) groups excluding carboxylic acids is 2. The highest BCUT2D eigenvalue weighted by Crippen LogP contribution is 2.35. The molecule has 2 N–H and O–H groups in total. The highest BCUT2D eigenvalue weighted by Gasteiger charge is 2.39. The van der Waals surface area contributed by atoms with Gasteiger partial charge in [0, 0.05) is 34.4 Å². The Hall–Kier alpha value is -2.05. The van der Waals surface area contributed by atoms with E-state index in [-0.39, 0.29) is 18.2 Å². The lowest BCUT2D eigenvalue weighted by Crippen LogP contribution is -2.50. The topological polar surface area (TPSA) is 72.6 Å². The molecule has 2 aromatic carbocycles. The number of ether oxygens (including phenoxy) is 1. The summed E-state index contributed by atoms with van der Waals surface area (Å²) in [6, 6.07) is 13.2. The van der Waals surface area contributed by atoms with Gasteiger partial charge in [0.15, 0.2) is 0 Å². The Kier molecular flexibility index (Phi) is 7.42. The molecule has 0 aromatic heterocycles. The number of primary amides is 1. The van der Waals surface area contributed by atoms with E-state index >= 15 is 0 Å². The molecule has 1 unspecified atom stereocenters. The lowest BCUT2D eigenvalue weighted by molar-refractivity contribution is -0.136. The second-order valence-electron chi connectivity index (χ2n) is 8.03. The van der Waals surface area contributed by atoms with Crippen LogP contribution < -0.4 is 10.5 Å². The molecule has 0 bridgehead atoms. The summed E-state index contributed by atoms with van der Waals surface area (Å²) < 4.78 is 6.96. The molecule has 2 amide bonds. The minimum Gasteiger partial charge on any atom is -0.493 e. The maximum absolute atomic E-state index is 13.0. The molecule has 160 valence electrons. The SMILES string of the molecule is Cc1cc(OCC2(CC(N)=O)CCCN(C(=O)Cc3ccccc3Br)C2)ccc1Cl. The van der Waals surface area contributed by atoms with Crippen LogP contribution in [0, 0.1) is 12.3 Å². The van der Waals surface area contributed by atoms with E-state index < -0.39 is 5.41 Å². The molecule has 0 radical (unpaired) electrons. The number of benzene rings is 2. The number of hydrogen-bond donors (Lipinski definition) is 1. The summed E-state index contributed by atoms with van der Waals surface area (Å²) in [6.07, 6.45) is 2.07. The number of amides is 2. The number of likely N-dealkylation sites (tertiary alicyclic amines) is 1. The van der Waals surface area contributed by atoms with E-state index in [1.807, 2.05) is 48.2 Å². The average molecular weight is 494 g/mol. The fourth-order valence-electron chi connectivity index (χ4n) is 3.96. The predicted molar refractivity (Wildman–Crippen MR) is 122 cm³/mol. The molecule has 5 nitrogen and oxygen atoms in total. The van der Waals surface area contributed by atoms with Crippen LogP contribution in [0.15, 0.2) is 46.9 Å². The zero-order valence-corrected chi connectivity index (χ0v) is 19.3. The smallest absolute Gasteiger partial charge is 0.227 e. The largest absolute Gasteiger partial charge is 0.493 e. The van der Waals surface area contributed by atoms with E-state index in [9.17, 15) is 9.59 Å². The number of halogens is 2. The van der Waals surface area contributed by atoms with Crippen LogP contribution in [0.1, 0.15) is 30.4 Å². The summed E-state index contributed by atoms with van der Waals surface area (Å²) >= 11 is 9.60. The zero-order valence-electron chi connectivity index (χ0n) is 17.0. The fourth-order valence-corrected chi connectivity index (χ4v) is 4.51. The van der Waals surface area contributed by atoms with E-state index in [1.54, 1.807) is 6.07 Å². The van der Waals surface area contributed by atoms with Gasteiger partial charge in [0.2, 0.25) is 11.8 Å². The van der Waals surface area contributed by atoms with Crippen molar-refractivity contribution in [2.24, 2.45) is 11.1 Å². The van der Waals surface area contributed by atoms with Crippen LogP contribution >= 0.6 is 27.5 Å². The van der Waals surface area contributed by atoms with E-state index in [2.05, 4.69) is 15.9 Å². The number of nitrogens with two attached hydrogens (primary N) is 1. The lowest BCUT2D eigenvalue weighted by Gasteiger charge is -2.42. The van der Waals surface area contributed by atoms with Gasteiger partial charge in [-0.2, -0.15) is 0 Å². The molecule has 1 aliphatic heterocycles. The zero-order chi connectivity index (χ0) is 21.7. The quantitative estimate of drug-likeness (QED) is 0.616. The standard InChI is InChI=1S/C23H26BrClN2O3/c1-16-11-18(7-8-20(16)25)30-15-23(13-21(26)28)9-4-10-27(14-23)22(29)12-17-5-2-3-6-19(17)24/h2-3,5-8,11H,4,9-10,12-15H2,1H3,(H2,26,28). The van der Waals surface area contributed by atoms with Crippen LogP contribution in [-0.4, -0.2) is 36.4 Å². The van der Waals surface area contributed by atoms with Crippen molar-refractivity contribution >= 4 is 39.3 Å². The van der Waals surface area contributed by atoms with Gasteiger partial charge in [0.25, 0.3) is 0 Å². The van der Waals surface area contributed by atoms with Crippen molar-refractivity contribution in [2.45, 2.75) is 32.6 Å². The molecule has 1 saturated heterocycles. The van der Waals surface area contributed by atoms with Crippen molar-refractivity contribution in [2.75, 3.05) is 19.7 Å². The third kappa shape index (κ3) is 5.76. The summed E-state index contributed by atoms with van der Waals surface area (Å²) in [5.41, 5.74) is 6.93. The monoisotopic (exact) mass is 492 g/mol. The number of nitrogens with zero attached hydrogens (tertiary/aromatic N) is 1. The molecule has 0 spiro atoms. The summed E-state index contributed by atoms with van der Waals surface area (Å²) in [5.74, 6) is 0.348. The van der Waals surface area contributed by atoms with Gasteiger partial charge in [-0.25, -0.2) is 0 Å². The van der Waals surface area contributed by atoms with Gasteiger partial charge in [-0.15, -0.1) is 0 Å². The number of aryl methyl sites for hydroxylation is 1. The summed E-state index contributed by atoms with van der Waals surface area (Å²) in [4.78, 5) is 26.7. The van der Waals surface area contributed by atoms with Gasteiger partial charge in [-0.3, -0.25) is 9.59 Å². The molecule has 2 aromatic rings. The molecule has 3 rings (SSSR count). The second-order valence-corrected chi connectivity index (χ2v) is 9.29. The first-order valence-electron chi connectivity index (χ1n) is 9.96. The molecule has 1 aliphatic rings. The van der Waals surface area contributed by atoms with Gasteiger partial charge in [-0.1, -0.05) is 45.7 Å². The molecule has 1 heterocycles. The van der Waals surface area contributed by atoms with E-state index in [0.717, 1.165) is 28.4 Å². The van der Waals surface area contributed by atoms with E-state index in [4.69, 9.17) is 22.1 Å². The normalized spacial score (nSPS) is 18.8. The van der Waals surface area contributed by atoms with Crippen LogP contribution in [0.25, 0.3) is 0 Å². The van der Waals surface area contributed by atoms with Gasteiger partial charge in [0.05, 0.1) is 13.0 Å². The van der Waals surface area contributed by atoms with Crippen LogP contribution in [-0.2, 0) is 16.0 Å². The summed E-state index contributed by atoms with van der Waals surface area (Å²) in [7, 11) is 0. The van der Waals surface area contributed by atoms with Gasteiger partial charge < -0.3 is 15.4 Å². The Morgan fingerprint density at radius 2 is 2.03 bits per heavy atom. The van der Waals surface area contributed by atoms with E-state index in [0.29, 0.717) is 36.9 Å². The van der Waals surface area contributed by atoms with Crippen molar-refractivity contribution in [1.82, 2.24) is 4.90 Å². The molecule has 0 saturated carbocycles. The molecular weight excluding hydrogens is 468 g/mol. The Morgan fingerprint density at radius 3 is 2.73 bits per heavy atom. The van der Waals surface area contributed by atoms with Gasteiger partial charge in [-0.05, 0) is 55.2 Å². The minimum atomic E-state index is -0.499. The molecule has 7 heteroatoms. The molecule has 1 fully saturated rings. The molecule has 0 aliphatic carbocycles. The summed E-state index contributed by atoms with van der Waals surface area (Å²) in [6.45, 7) is 3.35. The van der Waals surface area contributed by atoms with Crippen molar-refractivity contribution in [3.05, 3.63) is 63.1 Å². The Bertz CT molecular complexity index is 936. The molecule has 1 atom stereocenters. The summed E-state index contributed by atoms with van der Waals surface area (Å²) in [5, 5.41) is 0.677. The van der Waals surface area contributed by atoms with Crippen LogP contribution in [0.5, 0.6) is 5.75 Å². The van der Waals surface area contributed by atoms with Crippen molar-refractivity contribution < 1.29 is 14.3 Å². The molecule has 30 heavy (non-hydrogen) atoms. The second kappa shape index (κ2) is 9.84. The third-order valence-electron chi connectivity index (χ3n) is 5.54. The van der Waals surface area contributed by atoms with Crippen molar-refractivity contribution in [1.29, 1.82) is 0 Å². The number of piperidine rings is 1. The van der Waals surface area contributed by atoms with Crippen LogP contribution in [0.3, 0.4) is 0 Å². The van der Waals surface area contributed by atoms with Crippen LogP contribution in [0.2, 0.25) is 5.02 Å². The third-order valence-corrected chi connectivity index (χ3v) is 6.73. The Morgan fingerprint density at radius 1 is 1.27 bits per heavy atom. The van der Waals surface area contributed by atoms with Crippen molar-refractivity contribution in [3.63, 3.8) is 0 Å². The predicted octanol–water partition coefficient (Wildman–Crippen LogP) is 4.52. The fraction of sp³-hybridized carbons (Fsp3) is 0.391. The van der Waals surface area contributed by atoms with Crippen molar-refractivity contribution in [3.8, 4) is 5.75 Å². The number of rotatable bonds is 7. The Balaban J connectivity index is 1.72. The highest BCUT2D eigenvalue weighted by atomic mass is 79.9. The van der Waals surface area contributed by atoms with E-state index in [1.165, 1.54) is 0 Å². The Labute approximate surface area is 190 Å². The van der Waals surface area contributed by atoms with Gasteiger partial charge >= 0.3 is 0 Å². The molecular formula is C23H26BrClN2O3. The lowest BCUT2D eigenvalue weighted by atomic mass is 9.77. The maximum atomic E-state index is 13.0. The number of hydrogen-bond acceptors (Lipinski definition) is 3. The number of carbonyl (C=O) groups is 2. The highest BCUT2D eigenvalue weighted by molar-refractivity contribution is 9.10. The minimum absolute atomic E-state index is 0.0396. The average Bonchev–Trinajstić information content (AvgIpc) is 2.70. The maximum Gasteiger partial charge on any atom is 0.227 e. The first-order chi connectivity index (χ1) is 14.3.